The van der Waals surface area contributed by atoms with Gasteiger partial charge in [0.25, 0.3) is 5.56 Å². The second-order valence-electron chi connectivity index (χ2n) is 9.48. The molecule has 1 aliphatic heterocycles. The van der Waals surface area contributed by atoms with E-state index in [1.165, 1.54) is 30.5 Å². The smallest absolute Gasteiger partial charge is 0.387 e. The summed E-state index contributed by atoms with van der Waals surface area (Å²) in [5.41, 5.74) is -2.32. The number of pyridine rings is 1. The number of aliphatic hydroxyl groups is 2. The number of hydrogen-bond acceptors (Lipinski definition) is 12. The monoisotopic (exact) mass is 719 g/mol. The van der Waals surface area contributed by atoms with Gasteiger partial charge in [-0.05, 0) is 35.4 Å². The van der Waals surface area contributed by atoms with E-state index >= 15 is 0 Å². The number of rotatable bonds is 11. The van der Waals surface area contributed by atoms with E-state index in [9.17, 15) is 56.5 Å². The van der Waals surface area contributed by atoms with E-state index in [0.717, 1.165) is 24.4 Å². The lowest BCUT2D eigenvalue weighted by Crippen LogP contribution is -2.43. The summed E-state index contributed by atoms with van der Waals surface area (Å²) in [6.07, 6.45) is -9.77. The second kappa shape index (κ2) is 13.3. The zero-order valence-corrected chi connectivity index (χ0v) is 25.3. The first-order chi connectivity index (χ1) is 21.2. The van der Waals surface area contributed by atoms with Crippen molar-refractivity contribution in [3.63, 3.8) is 0 Å². The molecule has 0 saturated carbocycles. The third-order valence-corrected chi connectivity index (χ3v) is 9.99. The summed E-state index contributed by atoms with van der Waals surface area (Å²) in [6.45, 7) is -1.65. The van der Waals surface area contributed by atoms with E-state index in [1.807, 2.05) is 0 Å². The van der Waals surface area contributed by atoms with Gasteiger partial charge < -0.3 is 34.5 Å². The predicted octanol–water partition coefficient (Wildman–Crippen LogP) is 1.10. The minimum Gasteiger partial charge on any atom is -0.387 e. The summed E-state index contributed by atoms with van der Waals surface area (Å²) in [4.78, 5) is 66.0. The molecule has 1 aliphatic rings. The van der Waals surface area contributed by atoms with Crippen molar-refractivity contribution in [3.05, 3.63) is 87.0 Å². The highest BCUT2D eigenvalue weighted by Crippen LogP contribution is 2.66. The quantitative estimate of drug-likeness (QED) is 0.152. The number of hydrogen-bond donors (Lipinski definition) is 6. The molecule has 3 heterocycles. The molecule has 2 aromatic heterocycles. The third kappa shape index (κ3) is 8.93. The fourth-order valence-electron chi connectivity index (χ4n) is 4.22. The molecule has 18 nitrogen and oxygen atoms in total. The van der Waals surface area contributed by atoms with Crippen LogP contribution in [-0.4, -0.2) is 68.8 Å². The molecular weight excluding hydrogens is 696 g/mol. The maximum atomic E-state index is 13.3. The van der Waals surface area contributed by atoms with E-state index in [1.54, 1.807) is 0 Å². The average Bonchev–Trinajstić information content (AvgIpc) is 3.21. The fraction of sp³-hybridized carbons (Fsp3) is 0.318. The number of alkyl halides is 3. The van der Waals surface area contributed by atoms with Gasteiger partial charge in [-0.25, -0.2) is 18.5 Å². The van der Waals surface area contributed by atoms with Crippen molar-refractivity contribution >= 4 is 23.5 Å². The first kappa shape index (κ1) is 36.0. The molecule has 252 valence electrons. The van der Waals surface area contributed by atoms with Crippen molar-refractivity contribution in [2.75, 3.05) is 6.61 Å². The van der Waals surface area contributed by atoms with Crippen LogP contribution in [0.25, 0.3) is 11.1 Å². The molecule has 0 radical (unpaired) electrons. The normalized spacial score (nSPS) is 23.2. The highest BCUT2D eigenvalue weighted by molar-refractivity contribution is 7.66. The topological polar surface area (TPSA) is 266 Å². The number of ether oxygens (including phenoxy) is 1. The first-order valence-electron chi connectivity index (χ1n) is 12.4. The summed E-state index contributed by atoms with van der Waals surface area (Å²) < 4.78 is 92.0. The number of phosphoric acid groups is 3. The van der Waals surface area contributed by atoms with E-state index in [-0.39, 0.29) is 16.8 Å². The van der Waals surface area contributed by atoms with Crippen molar-refractivity contribution < 1.29 is 74.5 Å². The van der Waals surface area contributed by atoms with Crippen LogP contribution in [0, 0.1) is 0 Å². The van der Waals surface area contributed by atoms with Crippen LogP contribution >= 0.6 is 23.5 Å². The molecule has 24 heteroatoms. The summed E-state index contributed by atoms with van der Waals surface area (Å²) in [5, 5.41) is 20.9. The number of nitrogens with zero attached hydrogens (tertiary/aromatic N) is 3. The number of aromatic nitrogens is 3. The van der Waals surface area contributed by atoms with E-state index in [4.69, 9.17) is 14.5 Å². The predicted molar refractivity (Wildman–Crippen MR) is 144 cm³/mol. The molecule has 3 unspecified atom stereocenters. The number of aliphatic hydroxyl groups excluding tert-OH is 2. The lowest BCUT2D eigenvalue weighted by molar-refractivity contribution is -0.137. The van der Waals surface area contributed by atoms with Gasteiger partial charge in [-0.1, -0.05) is 12.1 Å². The Labute approximate surface area is 254 Å². The first-order valence-corrected chi connectivity index (χ1v) is 16.9. The molecule has 1 fully saturated rings. The average molecular weight is 719 g/mol. The Hall–Kier alpha value is -2.87. The zero-order chi connectivity index (χ0) is 34.2. The molecular formula is C22H23F3N3O15P3. The molecule has 4 rings (SSSR count). The third-order valence-electron chi connectivity index (χ3n) is 6.18. The largest absolute Gasteiger partial charge is 0.490 e. The van der Waals surface area contributed by atoms with Gasteiger partial charge >= 0.3 is 35.3 Å². The molecule has 1 aromatic carbocycles. The van der Waals surface area contributed by atoms with Crippen LogP contribution in [0.3, 0.4) is 0 Å². The molecule has 0 aliphatic carbocycles. The Morgan fingerprint density at radius 2 is 1.59 bits per heavy atom. The van der Waals surface area contributed by atoms with E-state index < -0.39 is 84.1 Å². The molecule has 6 N–H and O–H groups in total. The zero-order valence-electron chi connectivity index (χ0n) is 22.6. The standard InChI is InChI=1S/C22H23F3N3O15P3/c23-22(24,25)14-3-1-2-12(8-14)13-4-6-26-15(9-13)10-28-17(29)5-7-27(21(28)32)20-19(31)18(30)16(41-20)11-40-45(36,37)43-46(38,39)42-44(33,34)35/h1-9,16,18-20,30-31H,10-11H2,(H,36,37)(H,38,39)(H2,33,34,35)/t16-,18+,19?,20-/m1/s1. The lowest BCUT2D eigenvalue weighted by Gasteiger charge is -2.19. The number of phosphoric ester groups is 1. The van der Waals surface area contributed by atoms with Crippen LogP contribution in [0.4, 0.5) is 13.2 Å². The number of halogens is 3. The Morgan fingerprint density at radius 3 is 2.24 bits per heavy atom. The van der Waals surface area contributed by atoms with E-state index in [0.29, 0.717) is 9.13 Å². The molecule has 0 bridgehead atoms. The summed E-state index contributed by atoms with van der Waals surface area (Å²) in [6, 6.07) is 8.07. The van der Waals surface area contributed by atoms with Crippen molar-refractivity contribution in [1.82, 2.24) is 14.1 Å². The van der Waals surface area contributed by atoms with Gasteiger partial charge in [0.05, 0.1) is 24.4 Å². The maximum Gasteiger partial charge on any atom is 0.490 e. The van der Waals surface area contributed by atoms with Crippen LogP contribution < -0.4 is 11.2 Å². The fourth-order valence-corrected chi connectivity index (χ4v) is 7.25. The van der Waals surface area contributed by atoms with Crippen LogP contribution in [0.1, 0.15) is 17.5 Å². The van der Waals surface area contributed by atoms with Gasteiger partial charge in [-0.2, -0.15) is 21.8 Å². The van der Waals surface area contributed by atoms with Gasteiger partial charge in [0, 0.05) is 18.5 Å². The molecule has 6 atom stereocenters. The summed E-state index contributed by atoms with van der Waals surface area (Å²) in [7, 11) is -17.1. The summed E-state index contributed by atoms with van der Waals surface area (Å²) >= 11 is 0. The van der Waals surface area contributed by atoms with Crippen molar-refractivity contribution in [3.8, 4) is 11.1 Å². The van der Waals surface area contributed by atoms with Crippen LogP contribution in [0.2, 0.25) is 0 Å². The van der Waals surface area contributed by atoms with Crippen LogP contribution in [0.15, 0.2) is 64.4 Å². The molecule has 1 saturated heterocycles. The minimum atomic E-state index is -5.84. The summed E-state index contributed by atoms with van der Waals surface area (Å²) in [5.74, 6) is 0. The Balaban J connectivity index is 1.52. The Kier molecular flexibility index (Phi) is 10.4. The second-order valence-corrected chi connectivity index (χ2v) is 13.9. The van der Waals surface area contributed by atoms with Gasteiger partial charge in [-0.15, -0.1) is 0 Å². The molecule has 0 amide bonds. The Morgan fingerprint density at radius 1 is 0.913 bits per heavy atom. The van der Waals surface area contributed by atoms with Crippen LogP contribution in [0.5, 0.6) is 0 Å². The lowest BCUT2D eigenvalue weighted by atomic mass is 10.0. The van der Waals surface area contributed by atoms with Gasteiger partial charge in [0.2, 0.25) is 0 Å². The highest BCUT2D eigenvalue weighted by Gasteiger charge is 2.47. The van der Waals surface area contributed by atoms with Crippen LogP contribution in [-0.2, 0) is 44.3 Å². The van der Waals surface area contributed by atoms with Gasteiger partial charge in [0.1, 0.15) is 18.3 Å². The van der Waals surface area contributed by atoms with Gasteiger partial charge in [-0.3, -0.25) is 23.4 Å². The molecule has 46 heavy (non-hydrogen) atoms. The van der Waals surface area contributed by atoms with Crippen molar-refractivity contribution in [2.24, 2.45) is 0 Å². The SMILES string of the molecule is O=c1ccn([C@@H]2O[C@H](COP(=O)(O)OP(=O)(O)OP(=O)(O)O)[C@H](O)C2O)c(=O)n1Cc1cc(-c2cccc(C(F)(F)F)c2)ccn1. The van der Waals surface area contributed by atoms with Crippen molar-refractivity contribution in [2.45, 2.75) is 37.3 Å². The number of benzene rings is 1. The highest BCUT2D eigenvalue weighted by atomic mass is 31.3. The molecule has 0 spiro atoms. The minimum absolute atomic E-state index is 0.0775. The Bertz CT molecular complexity index is 1860. The maximum absolute atomic E-state index is 13.3. The van der Waals surface area contributed by atoms with Gasteiger partial charge in [0.15, 0.2) is 6.23 Å². The molecule has 3 aromatic rings. The van der Waals surface area contributed by atoms with Crippen molar-refractivity contribution in [1.29, 1.82) is 0 Å². The van der Waals surface area contributed by atoms with E-state index in [2.05, 4.69) is 18.1 Å².